The van der Waals surface area contributed by atoms with E-state index in [-0.39, 0.29) is 12.2 Å². The number of nitrogens with two attached hydrogens (primary N) is 3. The van der Waals surface area contributed by atoms with Crippen LogP contribution in [0.1, 0.15) is 24.8 Å². The van der Waals surface area contributed by atoms with Gasteiger partial charge < -0.3 is 43.4 Å². The Morgan fingerprint density at radius 1 is 0.838 bits per heavy atom. The first-order valence-corrected chi connectivity index (χ1v) is 12.5. The van der Waals surface area contributed by atoms with Gasteiger partial charge in [-0.15, -0.1) is 0 Å². The van der Waals surface area contributed by atoms with Gasteiger partial charge in [0.05, 0.1) is 18.9 Å². The van der Waals surface area contributed by atoms with Gasteiger partial charge in [0.2, 0.25) is 29.5 Å². The predicted molar refractivity (Wildman–Crippen MR) is 134 cm³/mol. The number of benzene rings is 1. The van der Waals surface area contributed by atoms with Gasteiger partial charge in [-0.1, -0.05) is 12.1 Å². The maximum absolute atomic E-state index is 13.0. The van der Waals surface area contributed by atoms with Crippen LogP contribution < -0.4 is 33.2 Å². The molecule has 37 heavy (non-hydrogen) atoms. The number of phenols is 1. The van der Waals surface area contributed by atoms with Crippen LogP contribution in [-0.2, 0) is 35.2 Å². The molecule has 0 aliphatic rings. The molecule has 11 N–H and O–H groups in total. The van der Waals surface area contributed by atoms with Crippen LogP contribution in [-0.4, -0.2) is 81.9 Å². The molecule has 0 spiro atoms. The van der Waals surface area contributed by atoms with Crippen molar-refractivity contribution in [2.75, 3.05) is 12.0 Å². The molecule has 0 fully saturated rings. The van der Waals surface area contributed by atoms with Crippen LogP contribution in [0.15, 0.2) is 24.3 Å². The molecule has 0 saturated heterocycles. The third-order valence-corrected chi connectivity index (χ3v) is 5.68. The highest BCUT2D eigenvalue weighted by Gasteiger charge is 2.31. The second-order valence-corrected chi connectivity index (χ2v) is 9.11. The number of hydrogen-bond donors (Lipinski definition) is 8. The Morgan fingerprint density at radius 3 is 1.84 bits per heavy atom. The lowest BCUT2D eigenvalue weighted by atomic mass is 10.0. The molecule has 15 heteroatoms. The summed E-state index contributed by atoms with van der Waals surface area (Å²) in [6.07, 6.45) is 0.659. The van der Waals surface area contributed by atoms with Crippen LogP contribution in [0.5, 0.6) is 5.75 Å². The van der Waals surface area contributed by atoms with Gasteiger partial charge in [-0.25, -0.2) is 4.79 Å². The molecular weight excluding hydrogens is 508 g/mol. The van der Waals surface area contributed by atoms with E-state index in [1.807, 2.05) is 6.26 Å². The van der Waals surface area contributed by atoms with E-state index in [2.05, 4.69) is 16.0 Å². The first-order chi connectivity index (χ1) is 17.3. The zero-order valence-corrected chi connectivity index (χ0v) is 21.0. The summed E-state index contributed by atoms with van der Waals surface area (Å²) in [5, 5.41) is 25.7. The lowest BCUT2D eigenvalue weighted by Gasteiger charge is -2.25. The summed E-state index contributed by atoms with van der Waals surface area (Å²) >= 11 is 1.46. The molecule has 204 valence electrons. The van der Waals surface area contributed by atoms with Crippen molar-refractivity contribution in [3.8, 4) is 5.75 Å². The molecule has 1 aromatic rings. The van der Waals surface area contributed by atoms with Crippen LogP contribution in [0.2, 0.25) is 0 Å². The van der Waals surface area contributed by atoms with Crippen molar-refractivity contribution >= 4 is 47.3 Å². The first-order valence-electron chi connectivity index (χ1n) is 11.1. The van der Waals surface area contributed by atoms with Gasteiger partial charge >= 0.3 is 5.97 Å². The third-order valence-electron chi connectivity index (χ3n) is 5.04. The Balaban J connectivity index is 3.15. The Labute approximate surface area is 217 Å². The zero-order valence-electron chi connectivity index (χ0n) is 20.1. The minimum absolute atomic E-state index is 0.0526. The summed E-state index contributed by atoms with van der Waals surface area (Å²) in [7, 11) is 0. The molecule has 0 aliphatic heterocycles. The highest BCUT2D eigenvalue weighted by atomic mass is 32.2. The number of phenolic OH excluding ortho intramolecular Hbond substituents is 1. The highest BCUT2D eigenvalue weighted by molar-refractivity contribution is 7.98. The fourth-order valence-electron chi connectivity index (χ4n) is 3.09. The number of amides is 5. The number of thioether (sulfide) groups is 1. The summed E-state index contributed by atoms with van der Waals surface area (Å²) in [5.41, 5.74) is 16.6. The van der Waals surface area contributed by atoms with Crippen LogP contribution >= 0.6 is 11.8 Å². The number of carbonyl (C=O) groups is 6. The van der Waals surface area contributed by atoms with Crippen molar-refractivity contribution in [2.45, 2.75) is 49.9 Å². The van der Waals surface area contributed by atoms with Gasteiger partial charge in [0, 0.05) is 6.42 Å². The lowest BCUT2D eigenvalue weighted by molar-refractivity contribution is -0.143. The van der Waals surface area contributed by atoms with E-state index in [0.717, 1.165) is 0 Å². The average molecular weight is 541 g/mol. The number of carboxylic acids is 1. The van der Waals surface area contributed by atoms with E-state index < -0.39 is 72.5 Å². The maximum atomic E-state index is 13.0. The zero-order chi connectivity index (χ0) is 28.1. The van der Waals surface area contributed by atoms with Crippen LogP contribution in [0, 0.1) is 0 Å². The second kappa shape index (κ2) is 15.3. The van der Waals surface area contributed by atoms with Crippen LogP contribution in [0.25, 0.3) is 0 Å². The molecule has 1 aromatic carbocycles. The molecule has 5 amide bonds. The Hall–Kier alpha value is -3.85. The molecule has 0 bridgehead atoms. The molecule has 4 atom stereocenters. The van der Waals surface area contributed by atoms with Crippen molar-refractivity contribution in [2.24, 2.45) is 17.2 Å². The van der Waals surface area contributed by atoms with E-state index in [0.29, 0.717) is 17.7 Å². The number of carbonyl (C=O) groups excluding carboxylic acids is 5. The Morgan fingerprint density at radius 2 is 1.32 bits per heavy atom. The molecule has 0 aromatic heterocycles. The summed E-state index contributed by atoms with van der Waals surface area (Å²) in [6, 6.07) is 0.0965. The van der Waals surface area contributed by atoms with Gasteiger partial charge in [0.25, 0.3) is 0 Å². The monoisotopic (exact) mass is 540 g/mol. The summed E-state index contributed by atoms with van der Waals surface area (Å²) in [4.78, 5) is 72.6. The Kier molecular flexibility index (Phi) is 12.9. The third kappa shape index (κ3) is 11.6. The fourth-order valence-corrected chi connectivity index (χ4v) is 3.58. The van der Waals surface area contributed by atoms with Crippen molar-refractivity contribution in [3.05, 3.63) is 29.8 Å². The topological polar surface area (TPSA) is 257 Å². The number of nitrogens with one attached hydrogen (secondary N) is 3. The van der Waals surface area contributed by atoms with Gasteiger partial charge in [-0.2, -0.15) is 11.8 Å². The highest BCUT2D eigenvalue weighted by Crippen LogP contribution is 2.12. The van der Waals surface area contributed by atoms with Crippen molar-refractivity contribution in [3.63, 3.8) is 0 Å². The fraction of sp³-hybridized carbons (Fsp3) is 0.455. The average Bonchev–Trinajstić information content (AvgIpc) is 2.81. The van der Waals surface area contributed by atoms with E-state index >= 15 is 0 Å². The van der Waals surface area contributed by atoms with E-state index in [4.69, 9.17) is 17.2 Å². The largest absolute Gasteiger partial charge is 0.508 e. The quantitative estimate of drug-likeness (QED) is 0.108. The van der Waals surface area contributed by atoms with Crippen molar-refractivity contribution < 1.29 is 39.0 Å². The standard InChI is InChI=1S/C22H32N6O8S/c1-37-7-6-13(23)19(32)26-15(9-17(24)30)21(34)27-14(8-11-2-4-12(29)5-3-11)20(33)28-16(22(35)36)10-18(25)31/h2-5,13-16,29H,6-10,23H2,1H3,(H2,24,30)(H2,25,31)(H,26,32)(H,27,34)(H,28,33)(H,35,36). The molecular formula is C22H32N6O8S. The van der Waals surface area contributed by atoms with E-state index in [9.17, 15) is 39.0 Å². The summed E-state index contributed by atoms with van der Waals surface area (Å²) in [6.45, 7) is 0. The molecule has 1 rings (SSSR count). The lowest BCUT2D eigenvalue weighted by Crippen LogP contribution is -2.58. The van der Waals surface area contributed by atoms with Gasteiger partial charge in [0.15, 0.2) is 0 Å². The maximum Gasteiger partial charge on any atom is 0.326 e. The van der Waals surface area contributed by atoms with Crippen LogP contribution in [0.4, 0.5) is 0 Å². The van der Waals surface area contributed by atoms with Gasteiger partial charge in [-0.05, 0) is 36.1 Å². The molecule has 0 radical (unpaired) electrons. The smallest absolute Gasteiger partial charge is 0.326 e. The molecule has 14 nitrogen and oxygen atoms in total. The normalized spacial score (nSPS) is 13.9. The number of primary amides is 2. The summed E-state index contributed by atoms with van der Waals surface area (Å²) in [5.74, 6) is -5.53. The molecule has 0 aliphatic carbocycles. The molecule has 0 saturated carbocycles. The van der Waals surface area contributed by atoms with Crippen LogP contribution in [0.3, 0.4) is 0 Å². The SMILES string of the molecule is CSCCC(N)C(=O)NC(CC(N)=O)C(=O)NC(Cc1ccc(O)cc1)C(=O)NC(CC(N)=O)C(=O)O. The minimum atomic E-state index is -1.67. The minimum Gasteiger partial charge on any atom is -0.508 e. The van der Waals surface area contributed by atoms with E-state index in [1.165, 1.54) is 36.0 Å². The number of rotatable bonds is 16. The van der Waals surface area contributed by atoms with Gasteiger partial charge in [-0.3, -0.25) is 24.0 Å². The van der Waals surface area contributed by atoms with E-state index in [1.54, 1.807) is 0 Å². The summed E-state index contributed by atoms with van der Waals surface area (Å²) < 4.78 is 0. The second-order valence-electron chi connectivity index (χ2n) is 8.12. The molecule has 0 heterocycles. The van der Waals surface area contributed by atoms with Gasteiger partial charge in [0.1, 0.15) is 23.9 Å². The Bertz CT molecular complexity index is 990. The number of hydrogen-bond acceptors (Lipinski definition) is 9. The predicted octanol–water partition coefficient (Wildman–Crippen LogP) is -2.70. The number of carboxylic acid groups (broad SMARTS) is 1. The molecule has 4 unspecified atom stereocenters. The van der Waals surface area contributed by atoms with Crippen molar-refractivity contribution in [1.82, 2.24) is 16.0 Å². The number of aliphatic carboxylic acids is 1. The first kappa shape index (κ1) is 31.2. The number of aromatic hydroxyl groups is 1. The van der Waals surface area contributed by atoms with Crippen molar-refractivity contribution in [1.29, 1.82) is 0 Å².